The first-order valence-corrected chi connectivity index (χ1v) is 9.04. The van der Waals surface area contributed by atoms with Crippen molar-refractivity contribution in [1.29, 1.82) is 0 Å². The Labute approximate surface area is 145 Å². The molecule has 0 spiro atoms. The van der Waals surface area contributed by atoms with Crippen LogP contribution in [0, 0.1) is 11.3 Å². The van der Waals surface area contributed by atoms with Crippen molar-refractivity contribution in [3.63, 3.8) is 0 Å². The zero-order chi connectivity index (χ0) is 18.5. The summed E-state index contributed by atoms with van der Waals surface area (Å²) in [5.41, 5.74) is 5.20. The van der Waals surface area contributed by atoms with Crippen molar-refractivity contribution in [2.45, 2.75) is 77.6 Å². The molecule has 0 aromatic rings. The summed E-state index contributed by atoms with van der Waals surface area (Å²) in [5.74, 6) is -0.813. The summed E-state index contributed by atoms with van der Waals surface area (Å²) in [6.07, 6.45) is 4.69. The Morgan fingerprint density at radius 1 is 1.38 bits per heavy atom. The molecule has 0 heterocycles. The number of nitrogens with two attached hydrogens (primary N) is 1. The van der Waals surface area contributed by atoms with Crippen molar-refractivity contribution in [1.82, 2.24) is 4.90 Å². The van der Waals surface area contributed by atoms with Crippen molar-refractivity contribution < 1.29 is 19.7 Å². The van der Waals surface area contributed by atoms with Crippen molar-refractivity contribution in [2.75, 3.05) is 7.05 Å². The maximum absolute atomic E-state index is 12.4. The molecule has 1 amide bonds. The molecular formula is C17H33BN2O4. The summed E-state index contributed by atoms with van der Waals surface area (Å²) in [5, 5.41) is 19.0. The predicted octanol–water partition coefficient (Wildman–Crippen LogP) is 1.84. The fourth-order valence-corrected chi connectivity index (χ4v) is 3.56. The van der Waals surface area contributed by atoms with E-state index in [9.17, 15) is 19.7 Å². The van der Waals surface area contributed by atoms with Crippen LogP contribution in [0.1, 0.15) is 52.4 Å². The highest BCUT2D eigenvalue weighted by Crippen LogP contribution is 2.44. The minimum Gasteiger partial charge on any atom is -0.481 e. The average Bonchev–Trinajstić information content (AvgIpc) is 2.95. The maximum Gasteiger partial charge on any atom is 0.309 e. The van der Waals surface area contributed by atoms with Gasteiger partial charge < -0.3 is 20.8 Å². The SMILES string of the molecule is CB(O)CCCC[C@@]1(C(=O)O)CC[C@H](N(C)C(=O)C(N)C(C)C)C1. The number of unbranched alkanes of at least 4 members (excludes halogenated alkanes) is 1. The van der Waals surface area contributed by atoms with Gasteiger partial charge in [-0.2, -0.15) is 0 Å². The molecule has 1 aliphatic rings. The molecular weight excluding hydrogens is 307 g/mol. The Kier molecular flexibility index (Phi) is 7.74. The number of carbonyl (C=O) groups is 2. The van der Waals surface area contributed by atoms with E-state index < -0.39 is 17.4 Å². The lowest BCUT2D eigenvalue weighted by Gasteiger charge is -2.30. The molecule has 7 heteroatoms. The van der Waals surface area contributed by atoms with Crippen LogP contribution in [-0.4, -0.2) is 53.0 Å². The van der Waals surface area contributed by atoms with E-state index >= 15 is 0 Å². The van der Waals surface area contributed by atoms with Gasteiger partial charge in [-0.3, -0.25) is 9.59 Å². The van der Waals surface area contributed by atoms with Gasteiger partial charge in [0, 0.05) is 13.1 Å². The number of amides is 1. The first-order chi connectivity index (χ1) is 11.1. The van der Waals surface area contributed by atoms with E-state index in [4.69, 9.17) is 5.73 Å². The van der Waals surface area contributed by atoms with Crippen LogP contribution in [0.3, 0.4) is 0 Å². The number of hydrogen-bond donors (Lipinski definition) is 3. The van der Waals surface area contributed by atoms with Crippen LogP contribution >= 0.6 is 0 Å². The monoisotopic (exact) mass is 340 g/mol. The van der Waals surface area contributed by atoms with Gasteiger partial charge in [0.1, 0.15) is 0 Å². The van der Waals surface area contributed by atoms with E-state index in [1.807, 2.05) is 13.8 Å². The molecule has 3 atom stereocenters. The lowest BCUT2D eigenvalue weighted by Crippen LogP contribution is -2.48. The fourth-order valence-electron chi connectivity index (χ4n) is 3.56. The molecule has 1 unspecified atom stereocenters. The molecule has 1 aliphatic carbocycles. The summed E-state index contributed by atoms with van der Waals surface area (Å²) < 4.78 is 0. The number of carboxylic acids is 1. The highest BCUT2D eigenvalue weighted by molar-refractivity contribution is 6.48. The maximum atomic E-state index is 12.4. The molecule has 0 radical (unpaired) electrons. The highest BCUT2D eigenvalue weighted by atomic mass is 16.4. The third kappa shape index (κ3) is 5.21. The molecule has 138 valence electrons. The summed E-state index contributed by atoms with van der Waals surface area (Å²) in [6, 6.07) is -0.601. The molecule has 1 fully saturated rings. The summed E-state index contributed by atoms with van der Waals surface area (Å²) in [6.45, 7) is 5.23. The van der Waals surface area contributed by atoms with Crippen LogP contribution in [0.5, 0.6) is 0 Å². The number of likely N-dealkylation sites (N-methyl/N-ethyl adjacent to an activating group) is 1. The van der Waals surface area contributed by atoms with E-state index in [2.05, 4.69) is 0 Å². The standard InChI is InChI=1S/C17H33BN2O4/c1-12(2)14(19)15(21)20(4)13-7-9-17(11-13,16(22)23)8-5-6-10-18(3)24/h12-14,24H,5-11,19H2,1-4H3,(H,22,23)/t13-,14?,17+/m0/s1. The van der Waals surface area contributed by atoms with Crippen LogP contribution in [0.25, 0.3) is 0 Å². The minimum atomic E-state index is -0.768. The third-order valence-electron chi connectivity index (χ3n) is 5.46. The van der Waals surface area contributed by atoms with E-state index in [-0.39, 0.29) is 24.8 Å². The molecule has 0 aromatic carbocycles. The van der Waals surface area contributed by atoms with E-state index in [0.29, 0.717) is 32.0 Å². The molecule has 24 heavy (non-hydrogen) atoms. The summed E-state index contributed by atoms with van der Waals surface area (Å²) in [7, 11) is 1.74. The van der Waals surface area contributed by atoms with Crippen molar-refractivity contribution in [3.8, 4) is 0 Å². The average molecular weight is 340 g/mol. The largest absolute Gasteiger partial charge is 0.481 e. The van der Waals surface area contributed by atoms with Gasteiger partial charge in [-0.1, -0.05) is 33.5 Å². The fraction of sp³-hybridized carbons (Fsp3) is 0.882. The molecule has 6 nitrogen and oxygen atoms in total. The summed E-state index contributed by atoms with van der Waals surface area (Å²) >= 11 is 0. The van der Waals surface area contributed by atoms with Crippen molar-refractivity contribution in [2.24, 2.45) is 17.1 Å². The molecule has 1 saturated carbocycles. The number of carboxylic acid groups (broad SMARTS) is 1. The second kappa shape index (κ2) is 8.86. The molecule has 0 aliphatic heterocycles. The van der Waals surface area contributed by atoms with Crippen molar-refractivity contribution >= 4 is 18.8 Å². The zero-order valence-corrected chi connectivity index (χ0v) is 15.5. The molecule has 0 saturated heterocycles. The van der Waals surface area contributed by atoms with Gasteiger partial charge in [0.25, 0.3) is 6.92 Å². The van der Waals surface area contributed by atoms with Crippen LogP contribution < -0.4 is 5.73 Å². The topological polar surface area (TPSA) is 104 Å². The smallest absolute Gasteiger partial charge is 0.309 e. The van der Waals surface area contributed by atoms with Gasteiger partial charge in [0.05, 0.1) is 11.5 Å². The van der Waals surface area contributed by atoms with E-state index in [1.165, 1.54) is 0 Å². The quantitative estimate of drug-likeness (QED) is 0.439. The van der Waals surface area contributed by atoms with Gasteiger partial charge in [-0.25, -0.2) is 0 Å². The Morgan fingerprint density at radius 3 is 2.50 bits per heavy atom. The van der Waals surface area contributed by atoms with Crippen LogP contribution in [0.15, 0.2) is 0 Å². The van der Waals surface area contributed by atoms with Crippen molar-refractivity contribution in [3.05, 3.63) is 0 Å². The second-order valence-electron chi connectivity index (χ2n) is 7.80. The second-order valence-corrected chi connectivity index (χ2v) is 7.80. The normalized spacial score (nSPS) is 24.9. The van der Waals surface area contributed by atoms with Gasteiger partial charge >= 0.3 is 5.97 Å². The zero-order valence-electron chi connectivity index (χ0n) is 15.5. The number of hydrogen-bond acceptors (Lipinski definition) is 4. The van der Waals surface area contributed by atoms with Gasteiger partial charge in [-0.05, 0) is 37.9 Å². The number of carbonyl (C=O) groups excluding carboxylic acids is 1. The highest BCUT2D eigenvalue weighted by Gasteiger charge is 2.47. The molecule has 0 bridgehead atoms. The van der Waals surface area contributed by atoms with Gasteiger partial charge in [-0.15, -0.1) is 0 Å². The van der Waals surface area contributed by atoms with E-state index in [1.54, 1.807) is 18.8 Å². The lowest BCUT2D eigenvalue weighted by molar-refractivity contribution is -0.150. The van der Waals surface area contributed by atoms with E-state index in [0.717, 1.165) is 12.8 Å². The number of nitrogens with zero attached hydrogens (tertiary/aromatic N) is 1. The Morgan fingerprint density at radius 2 is 2.00 bits per heavy atom. The summed E-state index contributed by atoms with van der Waals surface area (Å²) in [4.78, 5) is 25.9. The lowest BCUT2D eigenvalue weighted by atomic mass is 9.66. The molecule has 4 N–H and O–H groups in total. The third-order valence-corrected chi connectivity index (χ3v) is 5.46. The van der Waals surface area contributed by atoms with Gasteiger partial charge in [0.2, 0.25) is 5.91 Å². The van der Waals surface area contributed by atoms with Crippen LogP contribution in [0.2, 0.25) is 13.1 Å². The molecule has 1 rings (SSSR count). The minimum absolute atomic E-state index is 0.0600. The number of aliphatic carboxylic acids is 1. The Bertz CT molecular complexity index is 444. The Hall–Kier alpha value is -1.08. The van der Waals surface area contributed by atoms with Gasteiger partial charge in [0.15, 0.2) is 0 Å². The Balaban J connectivity index is 2.66. The molecule has 0 aromatic heterocycles. The first kappa shape index (κ1) is 21.0. The first-order valence-electron chi connectivity index (χ1n) is 9.04. The number of rotatable bonds is 9. The van der Waals surface area contributed by atoms with Crippen LogP contribution in [0.4, 0.5) is 0 Å². The van der Waals surface area contributed by atoms with Crippen LogP contribution in [-0.2, 0) is 9.59 Å². The predicted molar refractivity (Wildman–Crippen MR) is 95.8 cm³/mol.